The third-order valence-corrected chi connectivity index (χ3v) is 6.52. The summed E-state index contributed by atoms with van der Waals surface area (Å²) in [6.07, 6.45) is 0. The van der Waals surface area contributed by atoms with E-state index >= 15 is 0 Å². The second-order valence-corrected chi connectivity index (χ2v) is 8.48. The Morgan fingerprint density at radius 2 is 1.85 bits per heavy atom. The Hall–Kier alpha value is -1.67. The summed E-state index contributed by atoms with van der Waals surface area (Å²) in [6.45, 7) is 2.48. The molecule has 1 fully saturated rings. The summed E-state index contributed by atoms with van der Waals surface area (Å²) in [5, 5.41) is 0.395. The highest BCUT2D eigenvalue weighted by Gasteiger charge is 2.28. The molecule has 1 aliphatic heterocycles. The lowest BCUT2D eigenvalue weighted by Gasteiger charge is -2.34. The molecule has 140 valence electrons. The maximum Gasteiger partial charge on any atom is 0.243 e. The molecule has 0 amide bonds. The zero-order valence-corrected chi connectivity index (χ0v) is 15.9. The zero-order valence-electron chi connectivity index (χ0n) is 14.4. The van der Waals surface area contributed by atoms with Gasteiger partial charge in [-0.1, -0.05) is 23.7 Å². The third kappa shape index (κ3) is 4.17. The van der Waals surface area contributed by atoms with Crippen LogP contribution in [0.2, 0.25) is 5.02 Å². The van der Waals surface area contributed by atoms with Crippen molar-refractivity contribution in [3.05, 3.63) is 58.9 Å². The van der Waals surface area contributed by atoms with E-state index in [2.05, 4.69) is 4.90 Å². The third-order valence-electron chi connectivity index (χ3n) is 4.39. The van der Waals surface area contributed by atoms with Crippen molar-refractivity contribution in [1.29, 1.82) is 0 Å². The van der Waals surface area contributed by atoms with Crippen molar-refractivity contribution in [2.45, 2.75) is 11.4 Å². The highest BCUT2D eigenvalue weighted by atomic mass is 35.5. The number of methoxy groups -OCH3 is 1. The standard InChI is InChI=1S/C18H20ClFN2O3S/c1-25-18-6-5-14(11-17(18)20)13-21-7-9-22(10-8-21)26(23,24)16-4-2-3-15(19)12-16/h2-6,11-12H,7-10,13H2,1H3. The molecule has 0 aliphatic carbocycles. The minimum atomic E-state index is -3.55. The molecule has 3 rings (SSSR count). The van der Waals surface area contributed by atoms with E-state index in [1.54, 1.807) is 24.3 Å². The predicted molar refractivity (Wildman–Crippen MR) is 98.4 cm³/mol. The fraction of sp³-hybridized carbons (Fsp3) is 0.333. The molecular formula is C18H20ClFN2O3S. The van der Waals surface area contributed by atoms with Crippen LogP contribution in [0.4, 0.5) is 4.39 Å². The molecule has 1 heterocycles. The topological polar surface area (TPSA) is 49.9 Å². The lowest BCUT2D eigenvalue weighted by Crippen LogP contribution is -2.48. The number of hydrogen-bond donors (Lipinski definition) is 0. The molecule has 8 heteroatoms. The Morgan fingerprint density at radius 1 is 1.12 bits per heavy atom. The van der Waals surface area contributed by atoms with E-state index in [0.29, 0.717) is 37.7 Å². The molecule has 0 bridgehead atoms. The number of hydrogen-bond acceptors (Lipinski definition) is 4. The van der Waals surface area contributed by atoms with Crippen molar-refractivity contribution < 1.29 is 17.5 Å². The van der Waals surface area contributed by atoms with Gasteiger partial charge >= 0.3 is 0 Å². The van der Waals surface area contributed by atoms with Crippen LogP contribution in [-0.2, 0) is 16.6 Å². The molecule has 0 unspecified atom stereocenters. The first-order valence-electron chi connectivity index (χ1n) is 8.20. The number of piperazine rings is 1. The second kappa shape index (κ2) is 7.92. The van der Waals surface area contributed by atoms with Crippen molar-refractivity contribution >= 4 is 21.6 Å². The van der Waals surface area contributed by atoms with Crippen LogP contribution < -0.4 is 4.74 Å². The molecule has 0 saturated carbocycles. The first-order valence-corrected chi connectivity index (χ1v) is 10.0. The summed E-state index contributed by atoms with van der Waals surface area (Å²) in [4.78, 5) is 2.31. The Kier molecular flexibility index (Phi) is 5.82. The average molecular weight is 399 g/mol. The van der Waals surface area contributed by atoms with Gasteiger partial charge in [0, 0.05) is 37.7 Å². The number of benzene rings is 2. The maximum atomic E-state index is 13.8. The smallest absolute Gasteiger partial charge is 0.243 e. The van der Waals surface area contributed by atoms with Crippen LogP contribution >= 0.6 is 11.6 Å². The molecule has 5 nitrogen and oxygen atoms in total. The van der Waals surface area contributed by atoms with Crippen LogP contribution in [0.25, 0.3) is 0 Å². The van der Waals surface area contributed by atoms with Gasteiger partial charge in [-0.2, -0.15) is 4.31 Å². The Labute approximate surface area is 158 Å². The normalized spacial score (nSPS) is 16.6. The van der Waals surface area contributed by atoms with Crippen LogP contribution in [-0.4, -0.2) is 50.9 Å². The summed E-state index contributed by atoms with van der Waals surface area (Å²) in [7, 11) is -2.12. The van der Waals surface area contributed by atoms with E-state index < -0.39 is 15.8 Å². The molecule has 0 spiro atoms. The SMILES string of the molecule is COc1ccc(CN2CCN(S(=O)(=O)c3cccc(Cl)c3)CC2)cc1F. The quantitative estimate of drug-likeness (QED) is 0.777. The van der Waals surface area contributed by atoms with Crippen molar-refractivity contribution in [3.8, 4) is 5.75 Å². The number of sulfonamides is 1. The van der Waals surface area contributed by atoms with Gasteiger partial charge in [0.15, 0.2) is 11.6 Å². The van der Waals surface area contributed by atoms with Gasteiger partial charge in [0.1, 0.15) is 0 Å². The average Bonchev–Trinajstić information content (AvgIpc) is 2.62. The van der Waals surface area contributed by atoms with Crippen molar-refractivity contribution in [2.75, 3.05) is 33.3 Å². The number of rotatable bonds is 5. The van der Waals surface area contributed by atoms with Gasteiger partial charge in [-0.25, -0.2) is 12.8 Å². The van der Waals surface area contributed by atoms with Gasteiger partial charge in [-0.3, -0.25) is 4.90 Å². The largest absolute Gasteiger partial charge is 0.494 e. The van der Waals surface area contributed by atoms with E-state index in [0.717, 1.165) is 5.56 Å². The van der Waals surface area contributed by atoms with Gasteiger partial charge in [-0.05, 0) is 35.9 Å². The first kappa shape index (κ1) is 19.1. The molecule has 26 heavy (non-hydrogen) atoms. The molecule has 0 N–H and O–H groups in total. The van der Waals surface area contributed by atoms with Crippen molar-refractivity contribution in [2.24, 2.45) is 0 Å². The molecule has 2 aromatic carbocycles. The van der Waals surface area contributed by atoms with Gasteiger partial charge < -0.3 is 4.74 Å². The van der Waals surface area contributed by atoms with Crippen LogP contribution in [0.1, 0.15) is 5.56 Å². The highest BCUT2D eigenvalue weighted by molar-refractivity contribution is 7.89. The summed E-state index contributed by atoms with van der Waals surface area (Å²) in [6, 6.07) is 11.2. The highest BCUT2D eigenvalue weighted by Crippen LogP contribution is 2.22. The lowest BCUT2D eigenvalue weighted by molar-refractivity contribution is 0.181. The number of nitrogens with zero attached hydrogens (tertiary/aromatic N) is 2. The van der Waals surface area contributed by atoms with Gasteiger partial charge in [-0.15, -0.1) is 0 Å². The van der Waals surface area contributed by atoms with Crippen LogP contribution in [0, 0.1) is 5.82 Å². The molecule has 2 aromatic rings. The monoisotopic (exact) mass is 398 g/mol. The number of halogens is 2. The molecule has 0 aromatic heterocycles. The Bertz CT molecular complexity index is 884. The molecule has 0 atom stereocenters. The lowest BCUT2D eigenvalue weighted by atomic mass is 10.2. The van der Waals surface area contributed by atoms with E-state index in [4.69, 9.17) is 16.3 Å². The van der Waals surface area contributed by atoms with Crippen LogP contribution in [0.3, 0.4) is 0 Å². The van der Waals surface area contributed by atoms with Gasteiger partial charge in [0.05, 0.1) is 12.0 Å². The van der Waals surface area contributed by atoms with E-state index in [-0.39, 0.29) is 10.6 Å². The fourth-order valence-corrected chi connectivity index (χ4v) is 4.69. The second-order valence-electron chi connectivity index (χ2n) is 6.11. The molecule has 1 saturated heterocycles. The summed E-state index contributed by atoms with van der Waals surface area (Å²) in [5.41, 5.74) is 0.828. The Morgan fingerprint density at radius 3 is 2.46 bits per heavy atom. The molecule has 0 radical (unpaired) electrons. The van der Waals surface area contributed by atoms with Crippen molar-refractivity contribution in [3.63, 3.8) is 0 Å². The summed E-state index contributed by atoms with van der Waals surface area (Å²) >= 11 is 5.91. The summed E-state index contributed by atoms with van der Waals surface area (Å²) in [5.74, 6) is -0.182. The van der Waals surface area contributed by atoms with Gasteiger partial charge in [0.25, 0.3) is 0 Å². The zero-order chi connectivity index (χ0) is 18.7. The predicted octanol–water partition coefficient (Wildman–Crippen LogP) is 2.99. The maximum absolute atomic E-state index is 13.8. The van der Waals surface area contributed by atoms with E-state index in [9.17, 15) is 12.8 Å². The minimum Gasteiger partial charge on any atom is -0.494 e. The van der Waals surface area contributed by atoms with E-state index in [1.807, 2.05) is 6.07 Å². The summed E-state index contributed by atoms with van der Waals surface area (Å²) < 4.78 is 45.6. The fourth-order valence-electron chi connectivity index (χ4n) is 2.97. The van der Waals surface area contributed by atoms with Crippen LogP contribution in [0.5, 0.6) is 5.75 Å². The first-order chi connectivity index (χ1) is 12.4. The molecule has 1 aliphatic rings. The number of ether oxygens (including phenoxy) is 1. The molecular weight excluding hydrogens is 379 g/mol. The van der Waals surface area contributed by atoms with Gasteiger partial charge in [0.2, 0.25) is 10.0 Å². The van der Waals surface area contributed by atoms with E-state index in [1.165, 1.54) is 23.5 Å². The Balaban J connectivity index is 1.63. The van der Waals surface area contributed by atoms with Crippen LogP contribution in [0.15, 0.2) is 47.4 Å². The minimum absolute atomic E-state index is 0.204. The van der Waals surface area contributed by atoms with Crippen molar-refractivity contribution in [1.82, 2.24) is 9.21 Å².